The topological polar surface area (TPSA) is 58.6 Å². The van der Waals surface area contributed by atoms with Crippen molar-refractivity contribution >= 4 is 23.3 Å². The Kier molecular flexibility index (Phi) is 7.30. The summed E-state index contributed by atoms with van der Waals surface area (Å²) in [5.74, 6) is -1.01. The SMILES string of the molecule is CCCCOCCCNc1ccc(C(=O)O)c(Cl)c1. The molecule has 0 aliphatic rings. The van der Waals surface area contributed by atoms with Gasteiger partial charge in [-0.1, -0.05) is 24.9 Å². The molecule has 4 nitrogen and oxygen atoms in total. The number of ether oxygens (including phenoxy) is 1. The van der Waals surface area contributed by atoms with Crippen LogP contribution in [0.4, 0.5) is 5.69 Å². The Bertz CT molecular complexity index is 410. The lowest BCUT2D eigenvalue weighted by Crippen LogP contribution is -2.07. The predicted octanol–water partition coefficient (Wildman–Crippen LogP) is 3.66. The molecule has 0 bridgehead atoms. The van der Waals surface area contributed by atoms with E-state index in [1.165, 1.54) is 6.07 Å². The lowest BCUT2D eigenvalue weighted by molar-refractivity contribution is 0.0697. The Morgan fingerprint density at radius 1 is 1.37 bits per heavy atom. The average Bonchev–Trinajstić information content (AvgIpc) is 2.37. The van der Waals surface area contributed by atoms with Gasteiger partial charge in [-0.25, -0.2) is 4.79 Å². The molecule has 0 aromatic heterocycles. The first kappa shape index (κ1) is 15.8. The van der Waals surface area contributed by atoms with E-state index in [2.05, 4.69) is 12.2 Å². The molecule has 0 spiro atoms. The molecular formula is C14H20ClNO3. The standard InChI is InChI=1S/C14H20ClNO3/c1-2-3-8-19-9-4-7-16-11-5-6-12(14(17)18)13(15)10-11/h5-6,10,16H,2-4,7-9H2,1H3,(H,17,18). The highest BCUT2D eigenvalue weighted by Gasteiger charge is 2.08. The summed E-state index contributed by atoms with van der Waals surface area (Å²) in [6, 6.07) is 4.85. The van der Waals surface area contributed by atoms with Gasteiger partial charge in [-0.2, -0.15) is 0 Å². The smallest absolute Gasteiger partial charge is 0.337 e. The van der Waals surface area contributed by atoms with Crippen LogP contribution in [-0.4, -0.2) is 30.8 Å². The molecule has 0 saturated heterocycles. The molecule has 0 radical (unpaired) electrons. The maximum atomic E-state index is 10.8. The Balaban J connectivity index is 2.26. The molecule has 0 atom stereocenters. The van der Waals surface area contributed by atoms with E-state index >= 15 is 0 Å². The van der Waals surface area contributed by atoms with E-state index in [0.717, 1.165) is 44.7 Å². The highest BCUT2D eigenvalue weighted by molar-refractivity contribution is 6.33. The van der Waals surface area contributed by atoms with E-state index < -0.39 is 5.97 Å². The molecular weight excluding hydrogens is 266 g/mol. The molecule has 0 aliphatic heterocycles. The van der Waals surface area contributed by atoms with Crippen molar-refractivity contribution in [3.63, 3.8) is 0 Å². The van der Waals surface area contributed by atoms with Crippen molar-refractivity contribution in [3.8, 4) is 0 Å². The summed E-state index contributed by atoms with van der Waals surface area (Å²) in [6.45, 7) is 4.45. The third-order valence-electron chi connectivity index (χ3n) is 2.64. The summed E-state index contributed by atoms with van der Waals surface area (Å²) >= 11 is 5.88. The van der Waals surface area contributed by atoms with Gasteiger partial charge in [-0.3, -0.25) is 0 Å². The number of halogens is 1. The van der Waals surface area contributed by atoms with Crippen molar-refractivity contribution in [2.75, 3.05) is 25.1 Å². The minimum Gasteiger partial charge on any atom is -0.478 e. The fraction of sp³-hybridized carbons (Fsp3) is 0.500. The highest BCUT2D eigenvalue weighted by atomic mass is 35.5. The first-order valence-electron chi connectivity index (χ1n) is 6.49. The number of rotatable bonds is 9. The van der Waals surface area contributed by atoms with Crippen LogP contribution in [0.5, 0.6) is 0 Å². The number of aromatic carboxylic acids is 1. The quantitative estimate of drug-likeness (QED) is 0.680. The van der Waals surface area contributed by atoms with E-state index in [4.69, 9.17) is 21.4 Å². The number of carboxylic acids is 1. The maximum Gasteiger partial charge on any atom is 0.337 e. The molecule has 5 heteroatoms. The number of carboxylic acid groups (broad SMARTS) is 1. The van der Waals surface area contributed by atoms with Crippen LogP contribution in [0, 0.1) is 0 Å². The number of hydrogen-bond acceptors (Lipinski definition) is 3. The number of benzene rings is 1. The second-order valence-electron chi connectivity index (χ2n) is 4.25. The Morgan fingerprint density at radius 3 is 2.74 bits per heavy atom. The summed E-state index contributed by atoms with van der Waals surface area (Å²) < 4.78 is 5.44. The third-order valence-corrected chi connectivity index (χ3v) is 2.95. The summed E-state index contributed by atoms with van der Waals surface area (Å²) in [6.07, 6.45) is 3.15. The molecule has 1 aromatic rings. The van der Waals surface area contributed by atoms with Gasteiger partial charge in [0, 0.05) is 25.4 Å². The predicted molar refractivity (Wildman–Crippen MR) is 77.2 cm³/mol. The summed E-state index contributed by atoms with van der Waals surface area (Å²) in [4.78, 5) is 10.8. The largest absolute Gasteiger partial charge is 0.478 e. The molecule has 2 N–H and O–H groups in total. The molecule has 0 unspecified atom stereocenters. The number of unbranched alkanes of at least 4 members (excludes halogenated alkanes) is 1. The van der Waals surface area contributed by atoms with Crippen molar-refractivity contribution in [2.24, 2.45) is 0 Å². The van der Waals surface area contributed by atoms with E-state index in [9.17, 15) is 4.79 Å². The lowest BCUT2D eigenvalue weighted by Gasteiger charge is -2.08. The summed E-state index contributed by atoms with van der Waals surface area (Å²) in [7, 11) is 0. The van der Waals surface area contributed by atoms with Crippen molar-refractivity contribution in [2.45, 2.75) is 26.2 Å². The van der Waals surface area contributed by atoms with Crippen LogP contribution in [0.2, 0.25) is 5.02 Å². The number of nitrogens with one attached hydrogen (secondary N) is 1. The second-order valence-corrected chi connectivity index (χ2v) is 4.65. The molecule has 0 aliphatic carbocycles. The number of carbonyl (C=O) groups is 1. The third kappa shape index (κ3) is 5.94. The van der Waals surface area contributed by atoms with Crippen LogP contribution in [0.3, 0.4) is 0 Å². The van der Waals surface area contributed by atoms with E-state index in [0.29, 0.717) is 0 Å². The van der Waals surface area contributed by atoms with Crippen LogP contribution < -0.4 is 5.32 Å². The van der Waals surface area contributed by atoms with Gasteiger partial charge in [-0.05, 0) is 31.0 Å². The van der Waals surface area contributed by atoms with Crippen LogP contribution in [0.1, 0.15) is 36.5 Å². The Labute approximate surface area is 118 Å². The molecule has 19 heavy (non-hydrogen) atoms. The number of hydrogen-bond donors (Lipinski definition) is 2. The monoisotopic (exact) mass is 285 g/mol. The summed E-state index contributed by atoms with van der Waals surface area (Å²) in [5, 5.41) is 12.3. The average molecular weight is 286 g/mol. The normalized spacial score (nSPS) is 10.4. The highest BCUT2D eigenvalue weighted by Crippen LogP contribution is 2.20. The molecule has 1 rings (SSSR count). The second kappa shape index (κ2) is 8.77. The molecule has 0 fully saturated rings. The summed E-state index contributed by atoms with van der Waals surface area (Å²) in [5.41, 5.74) is 0.943. The van der Waals surface area contributed by atoms with Gasteiger partial charge in [0.2, 0.25) is 0 Å². The van der Waals surface area contributed by atoms with Gasteiger partial charge in [-0.15, -0.1) is 0 Å². The maximum absolute atomic E-state index is 10.8. The van der Waals surface area contributed by atoms with Gasteiger partial charge in [0.1, 0.15) is 0 Å². The first-order chi connectivity index (χ1) is 9.15. The van der Waals surface area contributed by atoms with Crippen LogP contribution in [0.25, 0.3) is 0 Å². The van der Waals surface area contributed by atoms with E-state index in [-0.39, 0.29) is 10.6 Å². The fourth-order valence-corrected chi connectivity index (χ4v) is 1.82. The van der Waals surface area contributed by atoms with E-state index in [1.54, 1.807) is 12.1 Å². The van der Waals surface area contributed by atoms with Gasteiger partial charge in [0.25, 0.3) is 0 Å². The zero-order valence-corrected chi connectivity index (χ0v) is 11.9. The van der Waals surface area contributed by atoms with E-state index in [1.807, 2.05) is 0 Å². The fourth-order valence-electron chi connectivity index (χ4n) is 1.55. The Hall–Kier alpha value is -1.26. The van der Waals surface area contributed by atoms with Crippen LogP contribution >= 0.6 is 11.6 Å². The van der Waals surface area contributed by atoms with Crippen LogP contribution in [0.15, 0.2) is 18.2 Å². The zero-order chi connectivity index (χ0) is 14.1. The van der Waals surface area contributed by atoms with Crippen molar-refractivity contribution in [3.05, 3.63) is 28.8 Å². The minimum absolute atomic E-state index is 0.120. The Morgan fingerprint density at radius 2 is 2.11 bits per heavy atom. The van der Waals surface area contributed by atoms with Gasteiger partial charge < -0.3 is 15.2 Å². The molecule has 0 amide bonds. The van der Waals surface area contributed by atoms with Crippen molar-refractivity contribution in [1.29, 1.82) is 0 Å². The first-order valence-corrected chi connectivity index (χ1v) is 6.87. The molecule has 0 saturated carbocycles. The molecule has 0 heterocycles. The van der Waals surface area contributed by atoms with Gasteiger partial charge >= 0.3 is 5.97 Å². The minimum atomic E-state index is -1.01. The van der Waals surface area contributed by atoms with Crippen molar-refractivity contribution in [1.82, 2.24) is 0 Å². The van der Waals surface area contributed by atoms with Gasteiger partial charge in [0.05, 0.1) is 10.6 Å². The van der Waals surface area contributed by atoms with Crippen molar-refractivity contribution < 1.29 is 14.6 Å². The number of anilines is 1. The van der Waals surface area contributed by atoms with Crippen LogP contribution in [-0.2, 0) is 4.74 Å². The zero-order valence-electron chi connectivity index (χ0n) is 11.1. The lowest BCUT2D eigenvalue weighted by atomic mass is 10.2. The molecule has 106 valence electrons. The molecule has 1 aromatic carbocycles. The van der Waals surface area contributed by atoms with Gasteiger partial charge in [0.15, 0.2) is 0 Å².